The Kier molecular flexibility index (Phi) is 4.93. The van der Waals surface area contributed by atoms with Gasteiger partial charge in [0.15, 0.2) is 5.75 Å². The first-order chi connectivity index (χ1) is 12.1. The van der Waals surface area contributed by atoms with Crippen LogP contribution in [0.5, 0.6) is 23.0 Å². The number of hydrogen-bond donors (Lipinski definition) is 2. The highest BCUT2D eigenvalue weighted by atomic mass is 16.5. The fourth-order valence-electron chi connectivity index (χ4n) is 2.67. The van der Waals surface area contributed by atoms with E-state index in [1.165, 1.54) is 0 Å². The molecule has 1 aromatic heterocycles. The Morgan fingerprint density at radius 2 is 1.84 bits per heavy atom. The van der Waals surface area contributed by atoms with Crippen LogP contribution in [0.15, 0.2) is 42.5 Å². The fraction of sp³-hybridized carbons (Fsp3) is 0.250. The lowest BCUT2D eigenvalue weighted by Crippen LogP contribution is -1.97. The van der Waals surface area contributed by atoms with Gasteiger partial charge in [0.25, 0.3) is 0 Å². The van der Waals surface area contributed by atoms with Crippen molar-refractivity contribution in [1.29, 1.82) is 0 Å². The maximum atomic E-state index is 10.5. The van der Waals surface area contributed by atoms with E-state index in [4.69, 9.17) is 9.47 Å². The molecule has 0 radical (unpaired) electrons. The predicted octanol–water partition coefficient (Wildman–Crippen LogP) is 4.98. The van der Waals surface area contributed by atoms with Crippen molar-refractivity contribution in [3.8, 4) is 34.3 Å². The molecule has 3 aromatic rings. The largest absolute Gasteiger partial charge is 0.507 e. The Balaban J connectivity index is 2.00. The van der Waals surface area contributed by atoms with Crippen molar-refractivity contribution < 1.29 is 14.6 Å². The zero-order valence-electron chi connectivity index (χ0n) is 14.7. The molecule has 5 heteroatoms. The summed E-state index contributed by atoms with van der Waals surface area (Å²) >= 11 is 0. The predicted molar refractivity (Wildman–Crippen MR) is 97.5 cm³/mol. The number of hydrogen-bond acceptors (Lipinski definition) is 4. The van der Waals surface area contributed by atoms with Crippen molar-refractivity contribution in [1.82, 2.24) is 10.2 Å². The molecule has 3 rings (SSSR count). The second kappa shape index (κ2) is 7.30. The maximum absolute atomic E-state index is 10.5. The van der Waals surface area contributed by atoms with Crippen molar-refractivity contribution in [2.45, 2.75) is 27.2 Å². The maximum Gasteiger partial charge on any atom is 0.176 e. The topological polar surface area (TPSA) is 67.4 Å². The van der Waals surface area contributed by atoms with Gasteiger partial charge in [-0.2, -0.15) is 5.10 Å². The van der Waals surface area contributed by atoms with E-state index in [0.717, 1.165) is 17.7 Å². The van der Waals surface area contributed by atoms with Crippen LogP contribution in [0.4, 0.5) is 0 Å². The van der Waals surface area contributed by atoms with E-state index in [0.29, 0.717) is 35.1 Å². The molecule has 130 valence electrons. The highest BCUT2D eigenvalue weighted by molar-refractivity contribution is 5.77. The smallest absolute Gasteiger partial charge is 0.176 e. The minimum absolute atomic E-state index is 0.121. The van der Waals surface area contributed by atoms with Gasteiger partial charge in [-0.25, -0.2) is 0 Å². The average Bonchev–Trinajstić information content (AvgIpc) is 2.94. The van der Waals surface area contributed by atoms with Crippen LogP contribution in [0, 0.1) is 13.8 Å². The molecule has 0 unspecified atom stereocenters. The van der Waals surface area contributed by atoms with Crippen LogP contribution in [0.1, 0.15) is 24.6 Å². The molecule has 0 saturated heterocycles. The number of phenols is 1. The van der Waals surface area contributed by atoms with Gasteiger partial charge < -0.3 is 14.6 Å². The molecule has 0 amide bonds. The summed E-state index contributed by atoms with van der Waals surface area (Å²) in [7, 11) is 0. The lowest BCUT2D eigenvalue weighted by Gasteiger charge is -2.13. The van der Waals surface area contributed by atoms with Gasteiger partial charge >= 0.3 is 0 Å². The molecular weight excluding hydrogens is 316 g/mol. The molecule has 0 bridgehead atoms. The number of aryl methyl sites for hydroxylation is 2. The minimum atomic E-state index is 0.121. The third-order valence-electron chi connectivity index (χ3n) is 3.85. The Morgan fingerprint density at radius 1 is 1.08 bits per heavy atom. The molecular formula is C20H22N2O3. The van der Waals surface area contributed by atoms with Crippen LogP contribution >= 0.6 is 0 Å². The normalized spacial score (nSPS) is 10.7. The van der Waals surface area contributed by atoms with E-state index >= 15 is 0 Å². The molecule has 0 atom stereocenters. The molecule has 0 aliphatic carbocycles. The minimum Gasteiger partial charge on any atom is -0.507 e. The van der Waals surface area contributed by atoms with E-state index in [2.05, 4.69) is 10.2 Å². The van der Waals surface area contributed by atoms with Gasteiger partial charge in [0.05, 0.1) is 17.9 Å². The highest BCUT2D eigenvalue weighted by Crippen LogP contribution is 2.41. The van der Waals surface area contributed by atoms with Crippen LogP contribution in [0.25, 0.3) is 11.3 Å². The van der Waals surface area contributed by atoms with E-state index < -0.39 is 0 Å². The second-order valence-electron chi connectivity index (χ2n) is 5.92. The van der Waals surface area contributed by atoms with E-state index in [-0.39, 0.29) is 5.75 Å². The summed E-state index contributed by atoms with van der Waals surface area (Å²) in [5, 5.41) is 17.8. The van der Waals surface area contributed by atoms with Gasteiger partial charge in [0.2, 0.25) is 0 Å². The van der Waals surface area contributed by atoms with Crippen LogP contribution in [-0.4, -0.2) is 21.9 Å². The summed E-state index contributed by atoms with van der Waals surface area (Å²) in [5.41, 5.74) is 2.89. The number of aromatic hydroxyl groups is 1. The third-order valence-corrected chi connectivity index (χ3v) is 3.85. The third kappa shape index (κ3) is 3.60. The van der Waals surface area contributed by atoms with Crippen LogP contribution in [0.2, 0.25) is 0 Å². The first kappa shape index (κ1) is 16.9. The number of nitrogens with one attached hydrogen (secondary N) is 1. The Morgan fingerprint density at radius 3 is 2.52 bits per heavy atom. The van der Waals surface area contributed by atoms with Crippen molar-refractivity contribution in [3.63, 3.8) is 0 Å². The number of phenolic OH excluding ortho intramolecular Hbond substituents is 1. The first-order valence-corrected chi connectivity index (χ1v) is 8.34. The van der Waals surface area contributed by atoms with E-state index in [1.54, 1.807) is 6.07 Å². The number of H-pyrrole nitrogens is 1. The zero-order chi connectivity index (χ0) is 17.8. The van der Waals surface area contributed by atoms with E-state index in [1.807, 2.05) is 57.2 Å². The molecule has 0 spiro atoms. The SMILES string of the molecule is CCCOc1cc(C)c(-c2n[nH]c(C)c2Oc2ccccc2)c(O)c1. The van der Waals surface area contributed by atoms with Crippen LogP contribution < -0.4 is 9.47 Å². The van der Waals surface area contributed by atoms with Crippen molar-refractivity contribution in [3.05, 3.63) is 53.7 Å². The summed E-state index contributed by atoms with van der Waals surface area (Å²) in [6.45, 7) is 6.47. The molecule has 0 aliphatic rings. The van der Waals surface area contributed by atoms with Crippen LogP contribution in [-0.2, 0) is 0 Å². The molecule has 2 N–H and O–H groups in total. The number of benzene rings is 2. The Labute approximate surface area is 147 Å². The lowest BCUT2D eigenvalue weighted by molar-refractivity contribution is 0.315. The summed E-state index contributed by atoms with van der Waals surface area (Å²) in [6, 6.07) is 13.0. The van der Waals surface area contributed by atoms with Gasteiger partial charge in [-0.3, -0.25) is 5.10 Å². The Hall–Kier alpha value is -2.95. The molecule has 0 fully saturated rings. The molecule has 0 aliphatic heterocycles. The van der Waals surface area contributed by atoms with Crippen molar-refractivity contribution >= 4 is 0 Å². The highest BCUT2D eigenvalue weighted by Gasteiger charge is 2.20. The number of aromatic amines is 1. The van der Waals surface area contributed by atoms with Gasteiger partial charge in [-0.1, -0.05) is 25.1 Å². The summed E-state index contributed by atoms with van der Waals surface area (Å²) in [5.74, 6) is 2.09. The fourth-order valence-corrected chi connectivity index (χ4v) is 2.67. The molecule has 0 saturated carbocycles. The number of nitrogens with zero attached hydrogens (tertiary/aromatic N) is 1. The monoisotopic (exact) mass is 338 g/mol. The van der Waals surface area contributed by atoms with Crippen molar-refractivity contribution in [2.24, 2.45) is 0 Å². The van der Waals surface area contributed by atoms with Gasteiger partial charge in [-0.15, -0.1) is 0 Å². The zero-order valence-corrected chi connectivity index (χ0v) is 14.7. The molecule has 25 heavy (non-hydrogen) atoms. The number of ether oxygens (including phenoxy) is 2. The summed E-state index contributed by atoms with van der Waals surface area (Å²) in [6.07, 6.45) is 0.912. The quantitative estimate of drug-likeness (QED) is 0.665. The standard InChI is InChI=1S/C20H22N2O3/c1-4-10-24-16-11-13(2)18(17(23)12-16)19-20(14(3)21-22-19)25-15-8-6-5-7-9-15/h5-9,11-12,23H,4,10H2,1-3H3,(H,21,22). The number of rotatable bonds is 6. The molecule has 5 nitrogen and oxygen atoms in total. The van der Waals surface area contributed by atoms with Crippen molar-refractivity contribution in [2.75, 3.05) is 6.61 Å². The average molecular weight is 338 g/mol. The molecule has 1 heterocycles. The lowest BCUT2D eigenvalue weighted by atomic mass is 10.0. The van der Waals surface area contributed by atoms with Gasteiger partial charge in [0.1, 0.15) is 22.9 Å². The molecule has 2 aromatic carbocycles. The number of para-hydroxylation sites is 1. The summed E-state index contributed by atoms with van der Waals surface area (Å²) < 4.78 is 11.6. The summed E-state index contributed by atoms with van der Waals surface area (Å²) in [4.78, 5) is 0. The van der Waals surface area contributed by atoms with E-state index in [9.17, 15) is 5.11 Å². The van der Waals surface area contributed by atoms with Crippen LogP contribution in [0.3, 0.4) is 0 Å². The second-order valence-corrected chi connectivity index (χ2v) is 5.92. The first-order valence-electron chi connectivity index (χ1n) is 8.34. The number of aromatic nitrogens is 2. The van der Waals surface area contributed by atoms with Gasteiger partial charge in [0, 0.05) is 6.07 Å². The van der Waals surface area contributed by atoms with Gasteiger partial charge in [-0.05, 0) is 44.0 Å². The Bertz CT molecular complexity index is 834.